The van der Waals surface area contributed by atoms with Crippen LogP contribution in [0.3, 0.4) is 0 Å². The molecule has 0 fully saturated rings. The van der Waals surface area contributed by atoms with E-state index in [1.54, 1.807) is 7.05 Å². The molecule has 0 unspecified atom stereocenters. The van der Waals surface area contributed by atoms with Crippen molar-refractivity contribution in [2.45, 2.75) is 27.7 Å². The van der Waals surface area contributed by atoms with Crippen LogP contribution >= 0.6 is 0 Å². The van der Waals surface area contributed by atoms with Crippen LogP contribution in [0, 0.1) is 27.7 Å². The van der Waals surface area contributed by atoms with Gasteiger partial charge in [-0.3, -0.25) is 4.99 Å². The maximum Gasteiger partial charge on any atom is 0.0638 e. The van der Waals surface area contributed by atoms with Crippen LogP contribution in [0.25, 0.3) is 0 Å². The number of nitrogens with zero attached hydrogens (tertiary/aromatic N) is 6. The van der Waals surface area contributed by atoms with E-state index in [2.05, 4.69) is 324 Å². The first-order valence-electron chi connectivity index (χ1n) is 39.8. The summed E-state index contributed by atoms with van der Waals surface area (Å²) < 4.78 is 0. The SMILES string of the molecule is CN=C1C=CC(=Nc2ccc(N=C3C=CC(=Nc4ccc(C)cc4)C=C3)cc2)C=C1.CNc1ccc(Nc2ccc(N=C3C=CC(=Nc4ccc(C)cc4)C=C3)cc2)cc1.CNc1ccc(Nc2ccc(Nc3ccc(Nc4ccc(C)cc4)cc3)cc2)cc1.CNc1ccc(Nc2ccc(Nc3ccc(Nc4ccc(C)cc4)cc3)cc2)cc1. The molecule has 0 bridgehead atoms. The number of benzene rings is 13. The number of aryl methyl sites for hydroxylation is 4. The average molecular weight is 1570 g/mol. The molecular weight excluding hydrogens is 1470 g/mol. The number of anilines is 17. The summed E-state index contributed by atoms with van der Waals surface area (Å²) in [5.41, 5.74) is 33.1. The van der Waals surface area contributed by atoms with E-state index in [0.717, 1.165) is 159 Å². The smallest absolute Gasteiger partial charge is 0.0638 e. The molecule has 13 aromatic rings. The van der Waals surface area contributed by atoms with Gasteiger partial charge in [-0.15, -0.1) is 0 Å². The van der Waals surface area contributed by atoms with E-state index in [1.807, 2.05) is 191 Å². The fourth-order valence-electron chi connectivity index (χ4n) is 12.2. The number of aliphatic imine (C=N–C) groups is 6. The van der Waals surface area contributed by atoms with Crippen molar-refractivity contribution in [3.8, 4) is 0 Å². The number of hydrogen-bond donors (Lipinski definition) is 10. The van der Waals surface area contributed by atoms with Crippen molar-refractivity contribution >= 4 is 159 Å². The van der Waals surface area contributed by atoms with Gasteiger partial charge >= 0.3 is 0 Å². The van der Waals surface area contributed by atoms with Gasteiger partial charge in [0.25, 0.3) is 0 Å². The summed E-state index contributed by atoms with van der Waals surface area (Å²) in [6, 6.07) is 107. The topological polar surface area (TPSA) is 194 Å². The van der Waals surface area contributed by atoms with Gasteiger partial charge in [-0.25, -0.2) is 25.0 Å². The summed E-state index contributed by atoms with van der Waals surface area (Å²) in [5, 5.41) is 33.3. The van der Waals surface area contributed by atoms with E-state index < -0.39 is 0 Å². The second-order valence-corrected chi connectivity index (χ2v) is 28.5. The Kier molecular flexibility index (Phi) is 28.9. The molecule has 0 saturated heterocycles. The van der Waals surface area contributed by atoms with Crippen LogP contribution in [0.4, 0.5) is 125 Å². The van der Waals surface area contributed by atoms with E-state index in [-0.39, 0.29) is 0 Å². The molecule has 3 aliphatic carbocycles. The van der Waals surface area contributed by atoms with E-state index >= 15 is 0 Å². The molecule has 16 rings (SSSR count). The highest BCUT2D eigenvalue weighted by atomic mass is 14.9. The summed E-state index contributed by atoms with van der Waals surface area (Å²) in [5.74, 6) is 0. The third-order valence-corrected chi connectivity index (χ3v) is 19.1. The van der Waals surface area contributed by atoms with Crippen molar-refractivity contribution in [3.05, 3.63) is 411 Å². The Labute approximate surface area is 704 Å². The van der Waals surface area contributed by atoms with Gasteiger partial charge in [0.1, 0.15) is 0 Å². The number of allylic oxidation sites excluding steroid dienone is 12. The summed E-state index contributed by atoms with van der Waals surface area (Å²) in [6.45, 7) is 8.33. The van der Waals surface area contributed by atoms with Crippen molar-refractivity contribution in [2.75, 3.05) is 81.4 Å². The normalized spacial score (nSPS) is 12.0. The van der Waals surface area contributed by atoms with Crippen LogP contribution in [0.1, 0.15) is 22.3 Å². The van der Waals surface area contributed by atoms with E-state index in [0.29, 0.717) is 0 Å². The van der Waals surface area contributed by atoms with Gasteiger partial charge in [0.2, 0.25) is 0 Å². The first kappa shape index (κ1) is 82.3. The second-order valence-electron chi connectivity index (χ2n) is 28.5. The molecule has 0 spiro atoms. The van der Waals surface area contributed by atoms with Crippen LogP contribution in [0.5, 0.6) is 0 Å². The predicted octanol–water partition coefficient (Wildman–Crippen LogP) is 27.5. The lowest BCUT2D eigenvalue weighted by Gasteiger charge is -2.11. The lowest BCUT2D eigenvalue weighted by molar-refractivity contribution is 1.43. The van der Waals surface area contributed by atoms with Gasteiger partial charge in [-0.05, 0) is 368 Å². The van der Waals surface area contributed by atoms with Crippen LogP contribution in [-0.4, -0.2) is 62.5 Å². The maximum atomic E-state index is 4.69. The fourth-order valence-corrected chi connectivity index (χ4v) is 12.2. The summed E-state index contributed by atoms with van der Waals surface area (Å²) in [4.78, 5) is 27.4. The van der Waals surface area contributed by atoms with Gasteiger partial charge < -0.3 is 53.2 Å². The van der Waals surface area contributed by atoms with Crippen molar-refractivity contribution in [3.63, 3.8) is 0 Å². The van der Waals surface area contributed by atoms with E-state index in [4.69, 9.17) is 4.99 Å². The summed E-state index contributed by atoms with van der Waals surface area (Å²) in [6.07, 6.45) is 23.7. The Morgan fingerprint density at radius 3 is 0.425 bits per heavy atom. The maximum absolute atomic E-state index is 4.69. The molecule has 0 amide bonds. The van der Waals surface area contributed by atoms with Crippen molar-refractivity contribution in [1.82, 2.24) is 0 Å². The Hall–Kier alpha value is -15.7. The molecule has 13 aromatic carbocycles. The first-order chi connectivity index (χ1) is 58.7. The fraction of sp³-hybridized carbons (Fsp3) is 0.0769. The van der Waals surface area contributed by atoms with Crippen LogP contribution in [-0.2, 0) is 0 Å². The Bertz CT molecular complexity index is 5670. The highest BCUT2D eigenvalue weighted by Gasteiger charge is 2.08. The zero-order valence-electron chi connectivity index (χ0n) is 68.6. The molecule has 0 heterocycles. The van der Waals surface area contributed by atoms with Gasteiger partial charge in [0.05, 0.1) is 62.7 Å². The highest BCUT2D eigenvalue weighted by Crippen LogP contribution is 2.30. The molecule has 16 nitrogen and oxygen atoms in total. The predicted molar refractivity (Wildman–Crippen MR) is 518 cm³/mol. The number of rotatable bonds is 22. The monoisotopic (exact) mass is 1570 g/mol. The minimum absolute atomic E-state index is 0.886. The minimum atomic E-state index is 0.886. The Balaban J connectivity index is 0.000000138. The molecule has 10 N–H and O–H groups in total. The van der Waals surface area contributed by atoms with Gasteiger partial charge in [-0.1, -0.05) is 70.8 Å². The molecule has 0 aromatic heterocycles. The molecule has 16 heteroatoms. The minimum Gasteiger partial charge on any atom is -0.388 e. The average Bonchev–Trinajstić information content (AvgIpc) is 0.897. The zero-order valence-corrected chi connectivity index (χ0v) is 68.6. The highest BCUT2D eigenvalue weighted by molar-refractivity contribution is 6.21. The standard InChI is InChI=1S/2C26H26N4.C26H24N4.C26H22N4/c4*1-19-3-5-21(6-4-19)28-23-11-13-25(14-12-23)30-26-17-15-24(16-18-26)29-22-9-7-20(27-2)8-10-22/h2*3-18,27-30H,1-2H3;3-18,27,29H,1-2H3;3-18H,1-2H3. The Morgan fingerprint density at radius 1 is 0.150 bits per heavy atom. The van der Waals surface area contributed by atoms with Crippen LogP contribution in [0.15, 0.2) is 418 Å². The summed E-state index contributed by atoms with van der Waals surface area (Å²) in [7, 11) is 7.53. The number of nitrogens with one attached hydrogen (secondary N) is 10. The molecule has 0 saturated carbocycles. The molecule has 3 aliphatic rings. The molecule has 120 heavy (non-hydrogen) atoms. The first-order valence-corrected chi connectivity index (χ1v) is 39.8. The molecule has 0 radical (unpaired) electrons. The van der Waals surface area contributed by atoms with Gasteiger partial charge in [0.15, 0.2) is 0 Å². The van der Waals surface area contributed by atoms with E-state index in [1.165, 1.54) is 22.3 Å². The van der Waals surface area contributed by atoms with Crippen LogP contribution in [0.2, 0.25) is 0 Å². The Morgan fingerprint density at radius 2 is 0.267 bits per heavy atom. The lowest BCUT2D eigenvalue weighted by atomic mass is 10.1. The van der Waals surface area contributed by atoms with Crippen molar-refractivity contribution in [1.29, 1.82) is 0 Å². The molecule has 0 aliphatic heterocycles. The quantitative estimate of drug-likeness (QED) is 0.0292. The largest absolute Gasteiger partial charge is 0.388 e. The zero-order chi connectivity index (χ0) is 83.0. The molecular formula is C104H98N16. The van der Waals surface area contributed by atoms with Gasteiger partial charge in [-0.2, -0.15) is 0 Å². The number of hydrogen-bond acceptors (Lipinski definition) is 16. The second kappa shape index (κ2) is 42.1. The van der Waals surface area contributed by atoms with Crippen LogP contribution < -0.4 is 53.2 Å². The van der Waals surface area contributed by atoms with Crippen molar-refractivity contribution < 1.29 is 0 Å². The lowest BCUT2D eigenvalue weighted by Crippen LogP contribution is -1.99. The summed E-state index contributed by atoms with van der Waals surface area (Å²) >= 11 is 0. The van der Waals surface area contributed by atoms with Crippen molar-refractivity contribution in [2.24, 2.45) is 30.0 Å². The molecule has 594 valence electrons. The van der Waals surface area contributed by atoms with Gasteiger partial charge in [0, 0.05) is 125 Å². The third-order valence-electron chi connectivity index (χ3n) is 19.1. The molecule has 0 atom stereocenters. The third kappa shape index (κ3) is 26.2. The van der Waals surface area contributed by atoms with E-state index in [9.17, 15) is 0 Å².